The third-order valence-electron chi connectivity index (χ3n) is 3.18. The summed E-state index contributed by atoms with van der Waals surface area (Å²) >= 11 is 1.68. The van der Waals surface area contributed by atoms with Gasteiger partial charge in [-0.3, -0.25) is 4.98 Å². The summed E-state index contributed by atoms with van der Waals surface area (Å²) in [5, 5.41) is 7.62. The van der Waals surface area contributed by atoms with Gasteiger partial charge in [-0.1, -0.05) is 0 Å². The van der Waals surface area contributed by atoms with Crippen LogP contribution >= 0.6 is 11.3 Å². The summed E-state index contributed by atoms with van der Waals surface area (Å²) < 4.78 is 0. The Morgan fingerprint density at radius 1 is 1.39 bits per heavy atom. The second-order valence-electron chi connectivity index (χ2n) is 5.08. The van der Waals surface area contributed by atoms with Crippen molar-refractivity contribution >= 4 is 17.0 Å². The minimum absolute atomic E-state index is 0.0651. The lowest BCUT2D eigenvalue weighted by Gasteiger charge is -2.31. The Bertz CT molecular complexity index is 504. The van der Waals surface area contributed by atoms with Gasteiger partial charge in [0.05, 0.1) is 5.69 Å². The molecule has 0 aliphatic heterocycles. The van der Waals surface area contributed by atoms with Crippen LogP contribution in [0.3, 0.4) is 0 Å². The number of thiophene rings is 1. The lowest BCUT2D eigenvalue weighted by atomic mass is 9.96. The van der Waals surface area contributed by atoms with Crippen LogP contribution in [0.2, 0.25) is 0 Å². The zero-order valence-corrected chi connectivity index (χ0v) is 11.8. The van der Waals surface area contributed by atoms with Gasteiger partial charge in [0.2, 0.25) is 0 Å². The third kappa shape index (κ3) is 2.89. The number of nitrogens with two attached hydrogens (primary N) is 1. The highest BCUT2D eigenvalue weighted by Gasteiger charge is 2.22. The molecule has 0 saturated heterocycles. The Morgan fingerprint density at radius 3 is 2.78 bits per heavy atom. The van der Waals surface area contributed by atoms with Crippen molar-refractivity contribution < 1.29 is 0 Å². The first-order chi connectivity index (χ1) is 8.49. The van der Waals surface area contributed by atoms with Crippen molar-refractivity contribution in [2.75, 3.05) is 5.32 Å². The van der Waals surface area contributed by atoms with Crippen LogP contribution in [0.1, 0.15) is 20.8 Å². The molecule has 1 unspecified atom stereocenters. The van der Waals surface area contributed by atoms with Gasteiger partial charge in [-0.05, 0) is 44.4 Å². The van der Waals surface area contributed by atoms with E-state index in [2.05, 4.69) is 47.0 Å². The van der Waals surface area contributed by atoms with Crippen molar-refractivity contribution in [1.82, 2.24) is 4.98 Å². The second kappa shape index (κ2) is 5.08. The minimum atomic E-state index is -0.146. The molecule has 2 aromatic heterocycles. The van der Waals surface area contributed by atoms with Crippen LogP contribution in [-0.2, 0) is 0 Å². The van der Waals surface area contributed by atoms with Gasteiger partial charge in [-0.2, -0.15) is 11.3 Å². The van der Waals surface area contributed by atoms with Crippen molar-refractivity contribution in [2.45, 2.75) is 32.4 Å². The number of rotatable bonds is 4. The number of nitrogens with one attached hydrogen (secondary N) is 1. The molecule has 2 aromatic rings. The van der Waals surface area contributed by atoms with E-state index in [9.17, 15) is 0 Å². The van der Waals surface area contributed by atoms with E-state index in [4.69, 9.17) is 5.73 Å². The summed E-state index contributed by atoms with van der Waals surface area (Å²) in [6.07, 6.45) is 1.83. The fourth-order valence-electron chi connectivity index (χ4n) is 1.56. The molecule has 0 amide bonds. The average Bonchev–Trinajstić information content (AvgIpc) is 2.82. The van der Waals surface area contributed by atoms with Gasteiger partial charge >= 0.3 is 0 Å². The maximum atomic E-state index is 5.97. The molecule has 4 heteroatoms. The van der Waals surface area contributed by atoms with Crippen LogP contribution in [0, 0.1) is 0 Å². The molecule has 0 spiro atoms. The zero-order chi connectivity index (χ0) is 13.2. The topological polar surface area (TPSA) is 50.9 Å². The second-order valence-corrected chi connectivity index (χ2v) is 5.86. The number of pyridine rings is 1. The van der Waals surface area contributed by atoms with Crippen molar-refractivity contribution in [1.29, 1.82) is 0 Å². The maximum Gasteiger partial charge on any atom is 0.0730 e. The van der Waals surface area contributed by atoms with E-state index in [1.165, 1.54) is 0 Å². The molecule has 96 valence electrons. The molecule has 2 rings (SSSR count). The van der Waals surface area contributed by atoms with Crippen LogP contribution in [-0.4, -0.2) is 16.6 Å². The lowest BCUT2D eigenvalue weighted by Crippen LogP contribution is -2.47. The molecule has 2 heterocycles. The van der Waals surface area contributed by atoms with E-state index >= 15 is 0 Å². The largest absolute Gasteiger partial charge is 0.379 e. The van der Waals surface area contributed by atoms with E-state index in [0.717, 1.165) is 16.9 Å². The monoisotopic (exact) mass is 261 g/mol. The summed E-state index contributed by atoms with van der Waals surface area (Å²) in [5.74, 6) is 0. The summed E-state index contributed by atoms with van der Waals surface area (Å²) in [7, 11) is 0. The number of nitrogens with zero attached hydrogens (tertiary/aromatic N) is 1. The van der Waals surface area contributed by atoms with Gasteiger partial charge in [-0.25, -0.2) is 0 Å². The lowest BCUT2D eigenvalue weighted by molar-refractivity contribution is 0.471. The fraction of sp³-hybridized carbons (Fsp3) is 0.357. The van der Waals surface area contributed by atoms with Crippen LogP contribution in [0.5, 0.6) is 0 Å². The van der Waals surface area contributed by atoms with E-state index in [1.54, 1.807) is 11.3 Å². The summed E-state index contributed by atoms with van der Waals surface area (Å²) in [5.41, 5.74) is 9.02. The summed E-state index contributed by atoms with van der Waals surface area (Å²) in [6.45, 7) is 6.21. The predicted molar refractivity (Wildman–Crippen MR) is 78.9 cm³/mol. The van der Waals surface area contributed by atoms with Gasteiger partial charge in [0.15, 0.2) is 0 Å². The molecule has 0 aliphatic carbocycles. The number of hydrogen-bond acceptors (Lipinski definition) is 4. The maximum absolute atomic E-state index is 5.97. The molecule has 0 radical (unpaired) electrons. The smallest absolute Gasteiger partial charge is 0.0730 e. The normalized spacial score (nSPS) is 13.3. The van der Waals surface area contributed by atoms with Gasteiger partial charge in [0.1, 0.15) is 0 Å². The number of hydrogen-bond donors (Lipinski definition) is 2. The zero-order valence-electron chi connectivity index (χ0n) is 11.0. The quantitative estimate of drug-likeness (QED) is 0.887. The SMILES string of the molecule is CC(N)C(C)(C)Nc1ccnc(-c2ccsc2)c1. The highest BCUT2D eigenvalue weighted by molar-refractivity contribution is 7.08. The summed E-state index contributed by atoms with van der Waals surface area (Å²) in [6, 6.07) is 6.18. The van der Waals surface area contributed by atoms with E-state index < -0.39 is 0 Å². The number of anilines is 1. The van der Waals surface area contributed by atoms with Crippen molar-refractivity contribution in [2.24, 2.45) is 5.73 Å². The molecule has 0 saturated carbocycles. The molecule has 0 fully saturated rings. The van der Waals surface area contributed by atoms with Crippen molar-refractivity contribution in [3.05, 3.63) is 35.2 Å². The highest BCUT2D eigenvalue weighted by atomic mass is 32.1. The van der Waals surface area contributed by atoms with Crippen molar-refractivity contribution in [3.8, 4) is 11.3 Å². The molecule has 0 aromatic carbocycles. The van der Waals surface area contributed by atoms with E-state index in [1.807, 2.05) is 19.2 Å². The minimum Gasteiger partial charge on any atom is -0.379 e. The molecule has 18 heavy (non-hydrogen) atoms. The van der Waals surface area contributed by atoms with Crippen LogP contribution in [0.25, 0.3) is 11.3 Å². The van der Waals surface area contributed by atoms with Gasteiger partial charge in [0.25, 0.3) is 0 Å². The van der Waals surface area contributed by atoms with E-state index in [0.29, 0.717) is 0 Å². The Hall–Kier alpha value is -1.39. The molecule has 0 aliphatic rings. The molecule has 1 atom stereocenters. The van der Waals surface area contributed by atoms with Crippen LogP contribution in [0.15, 0.2) is 35.2 Å². The first-order valence-electron chi connectivity index (χ1n) is 6.01. The highest BCUT2D eigenvalue weighted by Crippen LogP contribution is 2.24. The Morgan fingerprint density at radius 2 is 2.17 bits per heavy atom. The van der Waals surface area contributed by atoms with Gasteiger partial charge < -0.3 is 11.1 Å². The van der Waals surface area contributed by atoms with Gasteiger partial charge in [0, 0.05) is 34.4 Å². The Balaban J connectivity index is 2.23. The molecule has 3 nitrogen and oxygen atoms in total. The fourth-order valence-corrected chi connectivity index (χ4v) is 2.21. The molecule has 0 bridgehead atoms. The first kappa shape index (κ1) is 13.1. The summed E-state index contributed by atoms with van der Waals surface area (Å²) in [4.78, 5) is 4.39. The molecule has 3 N–H and O–H groups in total. The number of aromatic nitrogens is 1. The van der Waals surface area contributed by atoms with Crippen molar-refractivity contribution in [3.63, 3.8) is 0 Å². The first-order valence-corrected chi connectivity index (χ1v) is 6.96. The Labute approximate surface area is 112 Å². The predicted octanol–water partition coefficient (Wildman–Crippen LogP) is 3.35. The van der Waals surface area contributed by atoms with Crippen LogP contribution < -0.4 is 11.1 Å². The van der Waals surface area contributed by atoms with Gasteiger partial charge in [-0.15, -0.1) is 0 Å². The van der Waals surface area contributed by atoms with Crippen LogP contribution in [0.4, 0.5) is 5.69 Å². The standard InChI is InChI=1S/C14H19N3S/c1-10(15)14(2,3)17-12-4-6-16-13(8-12)11-5-7-18-9-11/h4-10H,15H2,1-3H3,(H,16,17). The Kier molecular flexibility index (Phi) is 3.68. The molecular weight excluding hydrogens is 242 g/mol. The third-order valence-corrected chi connectivity index (χ3v) is 3.86. The van der Waals surface area contributed by atoms with E-state index in [-0.39, 0.29) is 11.6 Å². The average molecular weight is 261 g/mol. The molecular formula is C14H19N3S.